The van der Waals surface area contributed by atoms with Gasteiger partial charge in [-0.15, -0.1) is 0 Å². The van der Waals surface area contributed by atoms with Crippen LogP contribution in [-0.2, 0) is 4.84 Å². The van der Waals surface area contributed by atoms with Gasteiger partial charge in [-0.25, -0.2) is 0 Å². The van der Waals surface area contributed by atoms with E-state index in [1.54, 1.807) is 5.57 Å². The molecule has 2 aliphatic carbocycles. The molecule has 1 saturated carbocycles. The van der Waals surface area contributed by atoms with E-state index in [4.69, 9.17) is 4.84 Å². The van der Waals surface area contributed by atoms with Crippen LogP contribution in [0.3, 0.4) is 0 Å². The fraction of sp³-hybridized carbons (Fsp3) is 0.875. The lowest BCUT2D eigenvalue weighted by molar-refractivity contribution is -0.184. The molecule has 0 aromatic heterocycles. The first-order valence-corrected chi connectivity index (χ1v) is 7.44. The van der Waals surface area contributed by atoms with Crippen LogP contribution in [0.4, 0.5) is 0 Å². The zero-order valence-corrected chi connectivity index (χ0v) is 12.5. The molecule has 3 rings (SSSR count). The molecule has 0 aromatic rings. The average Bonchev–Trinajstić information content (AvgIpc) is 2.48. The third kappa shape index (κ3) is 1.61. The van der Waals surface area contributed by atoms with Gasteiger partial charge in [0.15, 0.2) is 0 Å². The van der Waals surface area contributed by atoms with E-state index < -0.39 is 0 Å². The molecule has 0 amide bonds. The second-order valence-corrected chi connectivity index (χ2v) is 7.50. The number of hydrogen-bond acceptors (Lipinski definition) is 2. The fourth-order valence-corrected chi connectivity index (χ4v) is 5.03. The molecular weight excluding hydrogens is 222 g/mol. The van der Waals surface area contributed by atoms with Gasteiger partial charge in [-0.2, -0.15) is 5.06 Å². The molecule has 3 aliphatic rings. The van der Waals surface area contributed by atoms with Crippen molar-refractivity contribution in [2.75, 3.05) is 7.05 Å². The Balaban J connectivity index is 2.01. The van der Waals surface area contributed by atoms with Gasteiger partial charge in [0.2, 0.25) is 0 Å². The van der Waals surface area contributed by atoms with E-state index in [-0.39, 0.29) is 5.60 Å². The smallest absolute Gasteiger partial charge is 0.0887 e. The van der Waals surface area contributed by atoms with Crippen LogP contribution >= 0.6 is 0 Å². The first-order chi connectivity index (χ1) is 8.35. The highest BCUT2D eigenvalue weighted by atomic mass is 16.7. The van der Waals surface area contributed by atoms with E-state index >= 15 is 0 Å². The molecule has 18 heavy (non-hydrogen) atoms. The van der Waals surface area contributed by atoms with Crippen LogP contribution in [0, 0.1) is 17.3 Å². The monoisotopic (exact) mass is 249 g/mol. The van der Waals surface area contributed by atoms with E-state index in [1.807, 2.05) is 0 Å². The molecule has 2 heteroatoms. The number of hydroxylamine groups is 2. The van der Waals surface area contributed by atoms with Crippen LogP contribution < -0.4 is 0 Å². The Morgan fingerprint density at radius 2 is 2.00 bits per heavy atom. The second-order valence-electron chi connectivity index (χ2n) is 7.50. The van der Waals surface area contributed by atoms with Crippen LogP contribution in [0.25, 0.3) is 0 Å². The molecule has 0 N–H and O–H groups in total. The average molecular weight is 249 g/mol. The molecule has 4 atom stereocenters. The molecule has 102 valence electrons. The third-order valence-electron chi connectivity index (χ3n) is 5.90. The Morgan fingerprint density at radius 1 is 1.28 bits per heavy atom. The van der Waals surface area contributed by atoms with Gasteiger partial charge in [0, 0.05) is 24.9 Å². The number of allylic oxidation sites excluding steroid dienone is 1. The van der Waals surface area contributed by atoms with E-state index in [2.05, 4.69) is 45.9 Å². The van der Waals surface area contributed by atoms with Crippen molar-refractivity contribution in [1.82, 2.24) is 5.06 Å². The van der Waals surface area contributed by atoms with Gasteiger partial charge in [-0.05, 0) is 51.9 Å². The predicted octanol–water partition coefficient (Wildman–Crippen LogP) is 3.78. The molecule has 1 heterocycles. The van der Waals surface area contributed by atoms with E-state index in [0.717, 1.165) is 0 Å². The molecule has 1 saturated heterocycles. The molecular formula is C16H27NO. The molecule has 0 unspecified atom stereocenters. The van der Waals surface area contributed by atoms with Crippen molar-refractivity contribution in [3.05, 3.63) is 11.6 Å². The summed E-state index contributed by atoms with van der Waals surface area (Å²) in [4.78, 5) is 6.14. The lowest BCUT2D eigenvalue weighted by Crippen LogP contribution is -2.51. The summed E-state index contributed by atoms with van der Waals surface area (Å²) in [5.74, 6) is 1.37. The predicted molar refractivity (Wildman–Crippen MR) is 74.0 cm³/mol. The van der Waals surface area contributed by atoms with Gasteiger partial charge < -0.3 is 0 Å². The Hall–Kier alpha value is -0.340. The molecule has 2 nitrogen and oxygen atoms in total. The summed E-state index contributed by atoms with van der Waals surface area (Å²) < 4.78 is 0. The van der Waals surface area contributed by atoms with Crippen LogP contribution in [0.1, 0.15) is 53.4 Å². The number of fused-ring (bicyclic) bond motifs is 3. The fourth-order valence-electron chi connectivity index (χ4n) is 5.03. The van der Waals surface area contributed by atoms with Crippen molar-refractivity contribution in [2.24, 2.45) is 17.3 Å². The Kier molecular flexibility index (Phi) is 2.70. The Bertz CT molecular complexity index is 387. The zero-order valence-electron chi connectivity index (χ0n) is 12.5. The summed E-state index contributed by atoms with van der Waals surface area (Å²) >= 11 is 0. The maximum Gasteiger partial charge on any atom is 0.0887 e. The van der Waals surface area contributed by atoms with Crippen molar-refractivity contribution in [3.8, 4) is 0 Å². The molecule has 2 fully saturated rings. The van der Waals surface area contributed by atoms with Gasteiger partial charge in [0.05, 0.1) is 5.60 Å². The highest BCUT2D eigenvalue weighted by molar-refractivity contribution is 5.20. The van der Waals surface area contributed by atoms with Crippen molar-refractivity contribution >= 4 is 0 Å². The topological polar surface area (TPSA) is 12.5 Å². The first-order valence-electron chi connectivity index (χ1n) is 7.44. The molecule has 0 radical (unpaired) electrons. The second kappa shape index (κ2) is 3.83. The number of hydrogen-bond donors (Lipinski definition) is 0. The van der Waals surface area contributed by atoms with Gasteiger partial charge in [0.25, 0.3) is 0 Å². The standard InChI is InChI=1S/C16H27NO/c1-11-7-6-9-16(4)10-8-12-14(13(11)16)17(5)18-15(12,2)3/h7,12-14H,6,8-10H2,1-5H3/t12-,13-,14+,16+/m0/s1. The quantitative estimate of drug-likeness (QED) is 0.606. The maximum atomic E-state index is 6.14. The van der Waals surface area contributed by atoms with Crippen LogP contribution in [0.2, 0.25) is 0 Å². The minimum absolute atomic E-state index is 0.0124. The summed E-state index contributed by atoms with van der Waals surface area (Å²) in [6.07, 6.45) is 7.78. The van der Waals surface area contributed by atoms with Crippen molar-refractivity contribution in [1.29, 1.82) is 0 Å². The Labute approximate surface area is 111 Å². The minimum Gasteiger partial charge on any atom is -0.293 e. The van der Waals surface area contributed by atoms with E-state index in [9.17, 15) is 0 Å². The third-order valence-corrected chi connectivity index (χ3v) is 5.90. The normalized spacial score (nSPS) is 47.4. The summed E-state index contributed by atoms with van der Waals surface area (Å²) in [6, 6.07) is 0.579. The number of rotatable bonds is 0. The minimum atomic E-state index is 0.0124. The summed E-state index contributed by atoms with van der Waals surface area (Å²) in [7, 11) is 2.14. The van der Waals surface area contributed by atoms with Gasteiger partial charge in [-0.1, -0.05) is 18.6 Å². The lowest BCUT2D eigenvalue weighted by atomic mass is 9.54. The first kappa shape index (κ1) is 12.7. The van der Waals surface area contributed by atoms with Gasteiger partial charge >= 0.3 is 0 Å². The summed E-state index contributed by atoms with van der Waals surface area (Å²) in [6.45, 7) is 9.37. The summed E-state index contributed by atoms with van der Waals surface area (Å²) in [5.41, 5.74) is 2.11. The van der Waals surface area contributed by atoms with Crippen molar-refractivity contribution < 1.29 is 4.84 Å². The van der Waals surface area contributed by atoms with Crippen molar-refractivity contribution in [2.45, 2.75) is 65.0 Å². The molecule has 0 spiro atoms. The van der Waals surface area contributed by atoms with Crippen LogP contribution in [0.5, 0.6) is 0 Å². The van der Waals surface area contributed by atoms with Crippen molar-refractivity contribution in [3.63, 3.8) is 0 Å². The number of nitrogens with zero attached hydrogens (tertiary/aromatic N) is 1. The zero-order chi connectivity index (χ0) is 13.1. The SMILES string of the molecule is CC1=CCC[C@]2(C)CC[C@H]3[C@H]([C@H]12)N(C)OC3(C)C. The van der Waals surface area contributed by atoms with E-state index in [0.29, 0.717) is 23.3 Å². The Morgan fingerprint density at radius 3 is 2.72 bits per heavy atom. The maximum absolute atomic E-state index is 6.14. The molecule has 1 aliphatic heterocycles. The van der Waals surface area contributed by atoms with E-state index in [1.165, 1.54) is 25.7 Å². The highest BCUT2D eigenvalue weighted by Crippen LogP contribution is 2.57. The highest BCUT2D eigenvalue weighted by Gasteiger charge is 2.57. The largest absolute Gasteiger partial charge is 0.293 e. The lowest BCUT2D eigenvalue weighted by Gasteiger charge is -2.51. The molecule has 0 bridgehead atoms. The van der Waals surface area contributed by atoms with Crippen LogP contribution in [0.15, 0.2) is 11.6 Å². The van der Waals surface area contributed by atoms with Gasteiger partial charge in [-0.3, -0.25) is 4.84 Å². The van der Waals surface area contributed by atoms with Gasteiger partial charge in [0.1, 0.15) is 0 Å². The van der Waals surface area contributed by atoms with Crippen LogP contribution in [-0.4, -0.2) is 23.8 Å². The molecule has 0 aromatic carbocycles. The summed E-state index contributed by atoms with van der Waals surface area (Å²) in [5, 5.41) is 2.18.